The van der Waals surface area contributed by atoms with E-state index in [1.165, 1.54) is 5.56 Å². The van der Waals surface area contributed by atoms with Crippen molar-refractivity contribution in [3.63, 3.8) is 0 Å². The Hall–Kier alpha value is -2.99. The molecule has 0 spiro atoms. The third kappa shape index (κ3) is 4.32. The fourth-order valence-electron chi connectivity index (χ4n) is 4.95. The van der Waals surface area contributed by atoms with Crippen LogP contribution in [-0.2, 0) is 6.42 Å². The maximum Gasteiger partial charge on any atom is 0.274 e. The molecule has 3 atom stereocenters. The molecule has 2 aliphatic rings. The van der Waals surface area contributed by atoms with E-state index in [-0.39, 0.29) is 17.9 Å². The monoisotopic (exact) mass is 459 g/mol. The normalized spacial score (nSPS) is 21.1. The molecule has 170 valence electrons. The van der Waals surface area contributed by atoms with Crippen LogP contribution in [0.3, 0.4) is 0 Å². The molecule has 2 amide bonds. The highest BCUT2D eigenvalue weighted by atomic mass is 32.1. The number of thiazole rings is 1. The average Bonchev–Trinajstić information content (AvgIpc) is 3.33. The summed E-state index contributed by atoms with van der Waals surface area (Å²) in [5.74, 6) is 0.912. The fraction of sp³-hybridized carbons (Fsp3) is 0.370. The van der Waals surface area contributed by atoms with Crippen molar-refractivity contribution >= 4 is 23.2 Å². The number of nitrogens with zero attached hydrogens (tertiary/aromatic N) is 2. The molecule has 2 aromatic carbocycles. The van der Waals surface area contributed by atoms with Gasteiger partial charge in [0.1, 0.15) is 5.69 Å². The van der Waals surface area contributed by atoms with Gasteiger partial charge in [-0.2, -0.15) is 0 Å². The van der Waals surface area contributed by atoms with Crippen LogP contribution in [-0.4, -0.2) is 40.8 Å². The molecule has 0 radical (unpaired) electrons. The van der Waals surface area contributed by atoms with E-state index in [1.807, 2.05) is 48.2 Å². The number of carbonyl (C=O) groups is 2. The van der Waals surface area contributed by atoms with Gasteiger partial charge in [0.05, 0.1) is 15.9 Å². The topological polar surface area (TPSA) is 62.3 Å². The first-order valence-corrected chi connectivity index (χ1v) is 12.5. The Morgan fingerprint density at radius 1 is 1.15 bits per heavy atom. The molecular formula is C27H29N3O2S. The summed E-state index contributed by atoms with van der Waals surface area (Å²) in [5, 5.41) is 3.97. The minimum absolute atomic E-state index is 0.0189. The van der Waals surface area contributed by atoms with Crippen LogP contribution in [0, 0.1) is 25.7 Å². The molecule has 5 rings (SSSR count). The Morgan fingerprint density at radius 2 is 1.94 bits per heavy atom. The number of carbonyl (C=O) groups excluding carboxylic acids is 2. The highest BCUT2D eigenvalue weighted by molar-refractivity contribution is 7.15. The van der Waals surface area contributed by atoms with Crippen molar-refractivity contribution in [2.75, 3.05) is 13.1 Å². The van der Waals surface area contributed by atoms with Gasteiger partial charge in [0, 0.05) is 18.7 Å². The summed E-state index contributed by atoms with van der Waals surface area (Å²) in [6, 6.07) is 16.0. The molecule has 5 nitrogen and oxygen atoms in total. The van der Waals surface area contributed by atoms with Crippen LogP contribution in [0.25, 0.3) is 10.4 Å². The van der Waals surface area contributed by atoms with E-state index in [4.69, 9.17) is 0 Å². The molecule has 1 aliphatic carbocycles. The van der Waals surface area contributed by atoms with E-state index in [1.54, 1.807) is 11.3 Å². The van der Waals surface area contributed by atoms with Gasteiger partial charge in [-0.3, -0.25) is 9.59 Å². The maximum absolute atomic E-state index is 13.7. The van der Waals surface area contributed by atoms with Gasteiger partial charge in [0.25, 0.3) is 11.8 Å². The summed E-state index contributed by atoms with van der Waals surface area (Å²) in [6.07, 6.45) is 2.08. The van der Waals surface area contributed by atoms with Crippen LogP contribution in [0.4, 0.5) is 0 Å². The number of aromatic nitrogens is 1. The molecule has 0 bridgehead atoms. The maximum atomic E-state index is 13.7. The smallest absolute Gasteiger partial charge is 0.274 e. The first kappa shape index (κ1) is 21.8. The van der Waals surface area contributed by atoms with Crippen molar-refractivity contribution in [3.05, 3.63) is 75.9 Å². The minimum atomic E-state index is -0.0842. The van der Waals surface area contributed by atoms with Crippen molar-refractivity contribution in [3.8, 4) is 10.4 Å². The van der Waals surface area contributed by atoms with Gasteiger partial charge in [-0.25, -0.2) is 4.98 Å². The molecule has 1 saturated heterocycles. The standard InChI is InChI=1S/C27H29N3O2S/c1-4-18-8-10-19(11-9-18)26(31)28-14-23-22-13-21(22)15-30(23)27(32)24-25(33-17(3)29-24)20-7-5-6-16(2)12-20/h5-12,21-23H,4,13-15H2,1-3H3,(H,28,31)/t21-,22?,23-/m1/s1. The predicted molar refractivity (Wildman–Crippen MR) is 132 cm³/mol. The molecule has 3 aromatic rings. The second-order valence-corrected chi connectivity index (χ2v) is 10.4. The molecule has 1 saturated carbocycles. The quantitative estimate of drug-likeness (QED) is 0.571. The molecule has 2 heterocycles. The largest absolute Gasteiger partial charge is 0.350 e. The molecule has 2 fully saturated rings. The third-order valence-electron chi connectivity index (χ3n) is 6.88. The molecule has 1 aromatic heterocycles. The lowest BCUT2D eigenvalue weighted by atomic mass is 10.1. The van der Waals surface area contributed by atoms with Crippen LogP contribution < -0.4 is 5.32 Å². The van der Waals surface area contributed by atoms with Crippen LogP contribution in [0.5, 0.6) is 0 Å². The second kappa shape index (κ2) is 8.75. The molecule has 1 aliphatic heterocycles. The highest BCUT2D eigenvalue weighted by Crippen LogP contribution is 2.50. The number of fused-ring (bicyclic) bond motifs is 1. The van der Waals surface area contributed by atoms with Gasteiger partial charge in [0.2, 0.25) is 0 Å². The van der Waals surface area contributed by atoms with Gasteiger partial charge in [-0.05, 0) is 61.8 Å². The molecule has 1 N–H and O–H groups in total. The van der Waals surface area contributed by atoms with Crippen molar-refractivity contribution in [1.29, 1.82) is 0 Å². The van der Waals surface area contributed by atoms with Crippen molar-refractivity contribution in [2.45, 2.75) is 39.7 Å². The molecule has 6 heteroatoms. The van der Waals surface area contributed by atoms with Crippen LogP contribution in [0.1, 0.15) is 50.3 Å². The summed E-state index contributed by atoms with van der Waals surface area (Å²) in [6.45, 7) is 7.33. The number of rotatable bonds is 6. The van der Waals surface area contributed by atoms with E-state index >= 15 is 0 Å². The zero-order chi connectivity index (χ0) is 23.1. The molecule has 33 heavy (non-hydrogen) atoms. The van der Waals surface area contributed by atoms with Gasteiger partial charge >= 0.3 is 0 Å². The predicted octanol–water partition coefficient (Wildman–Crippen LogP) is 4.88. The lowest BCUT2D eigenvalue weighted by Gasteiger charge is -2.27. The van der Waals surface area contributed by atoms with Crippen LogP contribution in [0.15, 0.2) is 48.5 Å². The lowest BCUT2D eigenvalue weighted by Crippen LogP contribution is -2.45. The van der Waals surface area contributed by atoms with E-state index in [9.17, 15) is 9.59 Å². The van der Waals surface area contributed by atoms with Crippen LogP contribution in [0.2, 0.25) is 0 Å². The summed E-state index contributed by atoms with van der Waals surface area (Å²) < 4.78 is 0. The zero-order valence-electron chi connectivity index (χ0n) is 19.3. The summed E-state index contributed by atoms with van der Waals surface area (Å²) in [5.41, 5.74) is 4.60. The van der Waals surface area contributed by atoms with E-state index in [0.29, 0.717) is 29.6 Å². The number of hydrogen-bond donors (Lipinski definition) is 1. The van der Waals surface area contributed by atoms with Gasteiger partial charge in [-0.1, -0.05) is 48.9 Å². The van der Waals surface area contributed by atoms with Crippen LogP contribution >= 0.6 is 11.3 Å². The first-order valence-electron chi connectivity index (χ1n) is 11.7. The van der Waals surface area contributed by atoms with E-state index in [0.717, 1.165) is 40.4 Å². The second-order valence-electron chi connectivity index (χ2n) is 9.23. The summed E-state index contributed by atoms with van der Waals surface area (Å²) in [7, 11) is 0. The van der Waals surface area contributed by atoms with E-state index < -0.39 is 0 Å². The molecular weight excluding hydrogens is 430 g/mol. The average molecular weight is 460 g/mol. The lowest BCUT2D eigenvalue weighted by molar-refractivity contribution is 0.0690. The first-order chi connectivity index (χ1) is 15.9. The van der Waals surface area contributed by atoms with Crippen molar-refractivity contribution in [2.24, 2.45) is 11.8 Å². The Morgan fingerprint density at radius 3 is 2.67 bits per heavy atom. The number of piperidine rings is 1. The number of aryl methyl sites for hydroxylation is 3. The third-order valence-corrected chi connectivity index (χ3v) is 7.90. The van der Waals surface area contributed by atoms with E-state index in [2.05, 4.69) is 36.3 Å². The number of likely N-dealkylation sites (tertiary alicyclic amines) is 1. The number of amides is 2. The Bertz CT molecular complexity index is 1200. The SMILES string of the molecule is CCc1ccc(C(=O)NC[C@@H]2C3C[C@@H]3CN2C(=O)c2nc(C)sc2-c2cccc(C)c2)cc1. The summed E-state index contributed by atoms with van der Waals surface area (Å²) in [4.78, 5) is 33.9. The zero-order valence-corrected chi connectivity index (χ0v) is 20.1. The van der Waals surface area contributed by atoms with Crippen molar-refractivity contribution in [1.82, 2.24) is 15.2 Å². The Balaban J connectivity index is 1.33. The van der Waals surface area contributed by atoms with Gasteiger partial charge in [-0.15, -0.1) is 11.3 Å². The molecule has 1 unspecified atom stereocenters. The Labute approximate surface area is 198 Å². The van der Waals surface area contributed by atoms with Crippen molar-refractivity contribution < 1.29 is 9.59 Å². The van der Waals surface area contributed by atoms with Gasteiger partial charge in [0.15, 0.2) is 0 Å². The summed E-state index contributed by atoms with van der Waals surface area (Å²) >= 11 is 1.57. The fourth-order valence-corrected chi connectivity index (χ4v) is 5.85. The minimum Gasteiger partial charge on any atom is -0.350 e. The van der Waals surface area contributed by atoms with Gasteiger partial charge < -0.3 is 10.2 Å². The Kier molecular flexibility index (Phi) is 5.79. The number of nitrogens with one attached hydrogen (secondary N) is 1. The highest BCUT2D eigenvalue weighted by Gasteiger charge is 2.54. The number of hydrogen-bond acceptors (Lipinski definition) is 4. The number of benzene rings is 2.